The van der Waals surface area contributed by atoms with Gasteiger partial charge in [-0.05, 0) is 49.2 Å². The average molecular weight is 483 g/mol. The highest BCUT2D eigenvalue weighted by atomic mass is 32.2. The topological polar surface area (TPSA) is 91.6 Å². The van der Waals surface area contributed by atoms with Crippen molar-refractivity contribution in [3.63, 3.8) is 0 Å². The number of carbonyl (C=O) groups is 1. The van der Waals surface area contributed by atoms with Gasteiger partial charge in [-0.25, -0.2) is 18.1 Å². The predicted octanol–water partition coefficient (Wildman–Crippen LogP) is 2.25. The van der Waals surface area contributed by atoms with Crippen LogP contribution in [0.5, 0.6) is 0 Å². The molecule has 10 heteroatoms. The molecule has 1 saturated heterocycles. The van der Waals surface area contributed by atoms with Crippen LogP contribution in [0.2, 0.25) is 0 Å². The van der Waals surface area contributed by atoms with Crippen molar-refractivity contribution in [3.05, 3.63) is 72.3 Å². The molecule has 2 heterocycles. The van der Waals surface area contributed by atoms with Crippen LogP contribution in [0.3, 0.4) is 0 Å². The van der Waals surface area contributed by atoms with E-state index in [0.29, 0.717) is 26.2 Å². The van der Waals surface area contributed by atoms with Gasteiger partial charge < -0.3 is 9.80 Å². The minimum atomic E-state index is -3.70. The zero-order valence-corrected chi connectivity index (χ0v) is 20.5. The summed E-state index contributed by atoms with van der Waals surface area (Å²) in [5.41, 5.74) is 4.03. The lowest BCUT2D eigenvalue weighted by molar-refractivity contribution is -0.129. The number of carbonyl (C=O) groups excluding carboxylic acids is 1. The minimum Gasteiger partial charge on any atom is -0.369 e. The van der Waals surface area contributed by atoms with E-state index in [1.165, 1.54) is 21.1 Å². The monoisotopic (exact) mass is 482 g/mol. The number of anilines is 1. The SMILES string of the molecule is Cc1cccc(N2CCN(S(=O)(=O)CC(=O)N(C)C(C)c3ccc(-n4cncn4)cc3)CC2)c1. The van der Waals surface area contributed by atoms with Crippen molar-refractivity contribution in [2.45, 2.75) is 19.9 Å². The summed E-state index contributed by atoms with van der Waals surface area (Å²) < 4.78 is 29.0. The molecule has 1 amide bonds. The first-order valence-electron chi connectivity index (χ1n) is 11.2. The fourth-order valence-electron chi connectivity index (χ4n) is 4.09. The Morgan fingerprint density at radius 3 is 2.38 bits per heavy atom. The van der Waals surface area contributed by atoms with Crippen LogP contribution in [0.25, 0.3) is 5.69 Å². The first-order valence-corrected chi connectivity index (χ1v) is 12.9. The number of benzene rings is 2. The summed E-state index contributed by atoms with van der Waals surface area (Å²) in [4.78, 5) is 20.5. The molecule has 180 valence electrons. The van der Waals surface area contributed by atoms with Gasteiger partial charge in [0.25, 0.3) is 0 Å². The minimum absolute atomic E-state index is 0.273. The molecule has 1 fully saturated rings. The third kappa shape index (κ3) is 5.28. The number of nitrogens with zero attached hydrogens (tertiary/aromatic N) is 6. The second-order valence-electron chi connectivity index (χ2n) is 8.59. The van der Waals surface area contributed by atoms with Crippen LogP contribution in [-0.2, 0) is 14.8 Å². The molecule has 1 aliphatic heterocycles. The van der Waals surface area contributed by atoms with Crippen molar-refractivity contribution in [3.8, 4) is 5.69 Å². The van der Waals surface area contributed by atoms with Gasteiger partial charge >= 0.3 is 0 Å². The molecule has 0 saturated carbocycles. The van der Waals surface area contributed by atoms with Gasteiger partial charge in [-0.2, -0.15) is 9.40 Å². The van der Waals surface area contributed by atoms with Gasteiger partial charge in [-0.15, -0.1) is 0 Å². The number of piperazine rings is 1. The van der Waals surface area contributed by atoms with Crippen molar-refractivity contribution < 1.29 is 13.2 Å². The summed E-state index contributed by atoms with van der Waals surface area (Å²) in [5, 5.41) is 4.10. The zero-order valence-electron chi connectivity index (χ0n) is 19.7. The van der Waals surface area contributed by atoms with Crippen LogP contribution in [0.1, 0.15) is 24.1 Å². The molecule has 34 heavy (non-hydrogen) atoms. The van der Waals surface area contributed by atoms with Crippen molar-refractivity contribution in [2.75, 3.05) is 43.9 Å². The molecule has 0 radical (unpaired) electrons. The molecule has 0 N–H and O–H groups in total. The van der Waals surface area contributed by atoms with Crippen LogP contribution in [0, 0.1) is 6.92 Å². The number of aromatic nitrogens is 3. The first kappa shape index (κ1) is 23.9. The molecule has 4 rings (SSSR count). The predicted molar refractivity (Wildman–Crippen MR) is 131 cm³/mol. The van der Waals surface area contributed by atoms with Crippen LogP contribution >= 0.6 is 0 Å². The van der Waals surface area contributed by atoms with Crippen molar-refractivity contribution >= 4 is 21.6 Å². The summed E-state index contributed by atoms with van der Waals surface area (Å²) in [5.74, 6) is -0.955. The van der Waals surface area contributed by atoms with Gasteiger partial charge in [0.15, 0.2) is 0 Å². The summed E-state index contributed by atoms with van der Waals surface area (Å²) in [7, 11) is -2.05. The van der Waals surface area contributed by atoms with Crippen LogP contribution in [0.4, 0.5) is 5.69 Å². The lowest BCUT2D eigenvalue weighted by Gasteiger charge is -2.35. The van der Waals surface area contributed by atoms with Gasteiger partial charge in [0.1, 0.15) is 18.4 Å². The molecule has 1 atom stereocenters. The number of hydrogen-bond donors (Lipinski definition) is 0. The van der Waals surface area contributed by atoms with Crippen molar-refractivity contribution in [2.24, 2.45) is 0 Å². The second kappa shape index (κ2) is 9.94. The molecule has 0 bridgehead atoms. The Bertz CT molecular complexity index is 1220. The number of hydrogen-bond acceptors (Lipinski definition) is 6. The van der Waals surface area contributed by atoms with Gasteiger partial charge in [0, 0.05) is 38.9 Å². The van der Waals surface area contributed by atoms with Gasteiger partial charge in [-0.1, -0.05) is 24.3 Å². The molecule has 0 aliphatic carbocycles. The number of sulfonamides is 1. The Morgan fingerprint density at radius 1 is 1.06 bits per heavy atom. The largest absolute Gasteiger partial charge is 0.369 e. The molecule has 9 nitrogen and oxygen atoms in total. The summed E-state index contributed by atoms with van der Waals surface area (Å²) >= 11 is 0. The third-order valence-corrected chi connectivity index (χ3v) is 8.10. The Kier molecular flexibility index (Phi) is 6.99. The molecular weight excluding hydrogens is 452 g/mol. The Hall–Kier alpha value is -3.24. The van der Waals surface area contributed by atoms with E-state index in [4.69, 9.17) is 0 Å². The molecule has 1 aliphatic rings. The summed E-state index contributed by atoms with van der Waals surface area (Å²) in [6.07, 6.45) is 3.07. The van der Waals surface area contributed by atoms with Gasteiger partial charge in [0.2, 0.25) is 15.9 Å². The Morgan fingerprint density at radius 2 is 1.76 bits per heavy atom. The zero-order chi connectivity index (χ0) is 24.3. The number of aryl methyl sites for hydroxylation is 1. The van der Waals surface area contributed by atoms with E-state index in [-0.39, 0.29) is 6.04 Å². The van der Waals surface area contributed by atoms with Crippen LogP contribution < -0.4 is 4.90 Å². The molecule has 1 unspecified atom stereocenters. The van der Waals surface area contributed by atoms with E-state index >= 15 is 0 Å². The maximum absolute atomic E-state index is 13.0. The highest BCUT2D eigenvalue weighted by molar-refractivity contribution is 7.89. The van der Waals surface area contributed by atoms with Crippen molar-refractivity contribution in [1.29, 1.82) is 0 Å². The maximum Gasteiger partial charge on any atom is 0.239 e. The van der Waals surface area contributed by atoms with E-state index in [0.717, 1.165) is 16.9 Å². The summed E-state index contributed by atoms with van der Waals surface area (Å²) in [6.45, 7) is 5.86. The fraction of sp³-hybridized carbons (Fsp3) is 0.375. The van der Waals surface area contributed by atoms with E-state index in [1.54, 1.807) is 18.1 Å². The fourth-order valence-corrected chi connectivity index (χ4v) is 5.50. The van der Waals surface area contributed by atoms with E-state index in [9.17, 15) is 13.2 Å². The second-order valence-corrected chi connectivity index (χ2v) is 10.6. The lowest BCUT2D eigenvalue weighted by Crippen LogP contribution is -2.50. The highest BCUT2D eigenvalue weighted by Crippen LogP contribution is 2.22. The first-order chi connectivity index (χ1) is 16.2. The quantitative estimate of drug-likeness (QED) is 0.513. The Labute approximate surface area is 200 Å². The molecule has 3 aromatic rings. The summed E-state index contributed by atoms with van der Waals surface area (Å²) in [6, 6.07) is 15.5. The average Bonchev–Trinajstić information content (AvgIpc) is 3.38. The molecule has 0 spiro atoms. The molecular formula is C24H30N6O3S. The van der Waals surface area contributed by atoms with Crippen LogP contribution in [-0.4, -0.2) is 77.3 Å². The number of amides is 1. The highest BCUT2D eigenvalue weighted by Gasteiger charge is 2.31. The molecule has 2 aromatic carbocycles. The van der Waals surface area contributed by atoms with Crippen molar-refractivity contribution in [1.82, 2.24) is 24.0 Å². The van der Waals surface area contributed by atoms with E-state index in [1.807, 2.05) is 56.3 Å². The third-order valence-electron chi connectivity index (χ3n) is 6.34. The normalized spacial score (nSPS) is 15.8. The Balaban J connectivity index is 1.34. The lowest BCUT2D eigenvalue weighted by atomic mass is 10.1. The van der Waals surface area contributed by atoms with E-state index in [2.05, 4.69) is 21.0 Å². The van der Waals surface area contributed by atoms with Gasteiger partial charge in [-0.3, -0.25) is 4.79 Å². The van der Waals surface area contributed by atoms with Gasteiger partial charge in [0.05, 0.1) is 11.7 Å². The standard InChI is InChI=1S/C24H30N6O3S/c1-19-5-4-6-23(15-19)28-11-13-29(14-12-28)34(32,33)16-24(31)27(3)20(2)21-7-9-22(10-8-21)30-18-25-17-26-30/h4-10,15,17-18,20H,11-14,16H2,1-3H3. The molecule has 1 aromatic heterocycles. The smallest absolute Gasteiger partial charge is 0.239 e. The number of rotatable bonds is 7. The maximum atomic E-state index is 13.0. The van der Waals surface area contributed by atoms with Crippen LogP contribution in [0.15, 0.2) is 61.2 Å². The van der Waals surface area contributed by atoms with E-state index < -0.39 is 21.7 Å².